The maximum Gasteiger partial charge on any atom is 0.182 e. The number of nitrogens with zero attached hydrogens (tertiary/aromatic N) is 1. The van der Waals surface area contributed by atoms with Crippen molar-refractivity contribution in [1.82, 2.24) is 4.98 Å². The molecular formula is C7H9NOS. The first kappa shape index (κ1) is 9.17. The molecular weight excluding hydrogens is 146 g/mol. The highest BCUT2D eigenvalue weighted by molar-refractivity contribution is 7.96. The molecule has 3 heteroatoms. The molecule has 0 saturated heterocycles. The van der Waals surface area contributed by atoms with Crippen LogP contribution in [-0.4, -0.2) is 10.1 Å². The summed E-state index contributed by atoms with van der Waals surface area (Å²) in [5, 5.41) is -0.139. The number of carbonyl (C=O) groups is 1. The van der Waals surface area contributed by atoms with Crippen LogP contribution in [0.2, 0.25) is 0 Å². The van der Waals surface area contributed by atoms with Gasteiger partial charge in [0.2, 0.25) is 0 Å². The third-order valence-electron chi connectivity index (χ3n) is 0.566. The van der Waals surface area contributed by atoms with Crippen LogP contribution in [0.5, 0.6) is 0 Å². The Bertz CT molecular complexity index is 146. The van der Waals surface area contributed by atoms with Gasteiger partial charge in [-0.2, -0.15) is 0 Å². The minimum Gasteiger partial charge on any atom is -0.288 e. The Morgan fingerprint density at radius 3 is 1.80 bits per heavy atom. The topological polar surface area (TPSA) is 30.0 Å². The molecule has 0 N–H and O–H groups in total. The van der Waals surface area contributed by atoms with E-state index in [1.807, 2.05) is 18.2 Å². The zero-order valence-corrected chi connectivity index (χ0v) is 6.58. The van der Waals surface area contributed by atoms with E-state index in [9.17, 15) is 4.79 Å². The predicted octanol–water partition coefficient (Wildman–Crippen LogP) is 1.54. The largest absolute Gasteiger partial charge is 0.288 e. The van der Waals surface area contributed by atoms with Crippen molar-refractivity contribution in [2.75, 3.05) is 0 Å². The summed E-state index contributed by atoms with van der Waals surface area (Å²) in [6.07, 6.45) is 3.50. The van der Waals surface area contributed by atoms with E-state index in [4.69, 9.17) is 0 Å². The van der Waals surface area contributed by atoms with Crippen LogP contribution in [0, 0.1) is 0 Å². The van der Waals surface area contributed by atoms with Gasteiger partial charge in [-0.1, -0.05) is 6.07 Å². The smallest absolute Gasteiger partial charge is 0.182 e. The highest BCUT2D eigenvalue weighted by Gasteiger charge is 1.63. The molecule has 0 fully saturated rings. The van der Waals surface area contributed by atoms with Crippen molar-refractivity contribution in [3.63, 3.8) is 0 Å². The molecule has 1 aromatic rings. The summed E-state index contributed by atoms with van der Waals surface area (Å²) in [6.45, 7) is 1.39. The molecule has 2 nitrogen and oxygen atoms in total. The molecule has 1 heterocycles. The third-order valence-corrected chi connectivity index (χ3v) is 0.566. The van der Waals surface area contributed by atoms with E-state index in [0.29, 0.717) is 0 Å². The second-order valence-electron chi connectivity index (χ2n) is 1.54. The summed E-state index contributed by atoms with van der Waals surface area (Å²) in [5.74, 6) is 0. The molecule has 0 radical (unpaired) electrons. The fraction of sp³-hybridized carbons (Fsp3) is 0.143. The van der Waals surface area contributed by atoms with Gasteiger partial charge in [-0.05, 0) is 12.1 Å². The Morgan fingerprint density at radius 1 is 1.30 bits per heavy atom. The summed E-state index contributed by atoms with van der Waals surface area (Å²) in [6, 6.07) is 5.72. The van der Waals surface area contributed by atoms with Crippen LogP contribution < -0.4 is 0 Å². The molecule has 54 valence electrons. The second-order valence-corrected chi connectivity index (χ2v) is 2.17. The minimum atomic E-state index is -0.139. The Hall–Kier alpha value is -0.830. The lowest BCUT2D eigenvalue weighted by Gasteiger charge is -1.70. The number of rotatable bonds is 0. The molecule has 0 bridgehead atoms. The Labute approximate surface area is 65.7 Å². The lowest BCUT2D eigenvalue weighted by molar-refractivity contribution is -0.108. The van der Waals surface area contributed by atoms with Gasteiger partial charge in [-0.15, -0.1) is 12.6 Å². The van der Waals surface area contributed by atoms with Gasteiger partial charge in [0.05, 0.1) is 0 Å². The fourth-order valence-corrected chi connectivity index (χ4v) is 0.313. The third kappa shape index (κ3) is 10.2. The maximum atomic E-state index is 9.31. The highest BCUT2D eigenvalue weighted by atomic mass is 32.1. The molecule has 0 aliphatic heterocycles. The molecule has 10 heavy (non-hydrogen) atoms. The molecule has 0 amide bonds. The number of aromatic nitrogens is 1. The zero-order valence-electron chi connectivity index (χ0n) is 5.69. The van der Waals surface area contributed by atoms with Gasteiger partial charge in [0, 0.05) is 19.3 Å². The van der Waals surface area contributed by atoms with Crippen LogP contribution >= 0.6 is 12.6 Å². The molecule has 0 aliphatic rings. The lowest BCUT2D eigenvalue weighted by atomic mass is 10.5. The number of hydrogen-bond donors (Lipinski definition) is 1. The number of thiol groups is 1. The van der Waals surface area contributed by atoms with E-state index in [0.717, 1.165) is 0 Å². The van der Waals surface area contributed by atoms with Crippen molar-refractivity contribution in [1.29, 1.82) is 0 Å². The van der Waals surface area contributed by atoms with Crippen LogP contribution in [0.4, 0.5) is 0 Å². The average molecular weight is 155 g/mol. The summed E-state index contributed by atoms with van der Waals surface area (Å²) in [4.78, 5) is 13.1. The average Bonchev–Trinajstić information content (AvgIpc) is 1.90. The van der Waals surface area contributed by atoms with E-state index in [1.54, 1.807) is 12.4 Å². The van der Waals surface area contributed by atoms with Gasteiger partial charge < -0.3 is 0 Å². The predicted molar refractivity (Wildman–Crippen MR) is 43.9 cm³/mol. The number of hydrogen-bond acceptors (Lipinski definition) is 2. The number of carbonyl (C=O) groups excluding carboxylic acids is 1. The van der Waals surface area contributed by atoms with Crippen LogP contribution in [-0.2, 0) is 4.79 Å². The van der Waals surface area contributed by atoms with Crippen LogP contribution in [0.1, 0.15) is 6.92 Å². The first-order valence-electron chi connectivity index (χ1n) is 2.78. The van der Waals surface area contributed by atoms with Gasteiger partial charge >= 0.3 is 0 Å². The second kappa shape index (κ2) is 6.29. The SMILES string of the molecule is CC(=O)S.c1ccncc1. The van der Waals surface area contributed by atoms with E-state index in [2.05, 4.69) is 17.6 Å². The molecule has 0 unspecified atom stereocenters. The summed E-state index contributed by atoms with van der Waals surface area (Å²) >= 11 is 3.33. The summed E-state index contributed by atoms with van der Waals surface area (Å²) in [7, 11) is 0. The molecule has 0 aliphatic carbocycles. The van der Waals surface area contributed by atoms with Crippen molar-refractivity contribution >= 4 is 17.7 Å². The summed E-state index contributed by atoms with van der Waals surface area (Å²) < 4.78 is 0. The van der Waals surface area contributed by atoms with Crippen molar-refractivity contribution in [3.8, 4) is 0 Å². The standard InChI is InChI=1S/C5H5N.C2H4OS/c1-2-4-6-5-3-1;1-2(3)4/h1-5H;1H3,(H,3,4). The van der Waals surface area contributed by atoms with Crippen molar-refractivity contribution in [2.24, 2.45) is 0 Å². The van der Waals surface area contributed by atoms with Crippen molar-refractivity contribution in [3.05, 3.63) is 30.6 Å². The molecule has 0 spiro atoms. The molecule has 1 rings (SSSR count). The highest BCUT2D eigenvalue weighted by Crippen LogP contribution is 1.73. The van der Waals surface area contributed by atoms with E-state index >= 15 is 0 Å². The lowest BCUT2D eigenvalue weighted by Crippen LogP contribution is -1.62. The normalized spacial score (nSPS) is 7.40. The molecule has 0 saturated carbocycles. The van der Waals surface area contributed by atoms with Crippen LogP contribution in [0.15, 0.2) is 30.6 Å². The number of pyridine rings is 1. The van der Waals surface area contributed by atoms with Crippen LogP contribution in [0.25, 0.3) is 0 Å². The Kier molecular flexibility index (Phi) is 5.77. The molecule has 1 aromatic heterocycles. The van der Waals surface area contributed by atoms with Crippen molar-refractivity contribution < 1.29 is 4.79 Å². The van der Waals surface area contributed by atoms with Gasteiger partial charge in [0.1, 0.15) is 0 Å². The monoisotopic (exact) mass is 155 g/mol. The Balaban J connectivity index is 0.000000180. The minimum absolute atomic E-state index is 0.139. The molecule has 0 atom stereocenters. The van der Waals surface area contributed by atoms with Gasteiger partial charge in [0.25, 0.3) is 0 Å². The van der Waals surface area contributed by atoms with Gasteiger partial charge in [0.15, 0.2) is 5.12 Å². The first-order valence-corrected chi connectivity index (χ1v) is 3.22. The first-order chi connectivity index (χ1) is 4.73. The quantitative estimate of drug-likeness (QED) is 0.576. The van der Waals surface area contributed by atoms with Gasteiger partial charge in [-0.25, -0.2) is 0 Å². The van der Waals surface area contributed by atoms with E-state index in [1.165, 1.54) is 6.92 Å². The Morgan fingerprint density at radius 2 is 1.70 bits per heavy atom. The van der Waals surface area contributed by atoms with Crippen molar-refractivity contribution in [2.45, 2.75) is 6.92 Å². The fourth-order valence-electron chi connectivity index (χ4n) is 0.313. The molecule has 0 aromatic carbocycles. The van der Waals surface area contributed by atoms with E-state index < -0.39 is 0 Å². The van der Waals surface area contributed by atoms with E-state index in [-0.39, 0.29) is 5.12 Å². The maximum absolute atomic E-state index is 9.31. The van der Waals surface area contributed by atoms with Crippen LogP contribution in [0.3, 0.4) is 0 Å². The summed E-state index contributed by atoms with van der Waals surface area (Å²) in [5.41, 5.74) is 0. The zero-order chi connectivity index (χ0) is 7.82. The van der Waals surface area contributed by atoms with Gasteiger partial charge in [-0.3, -0.25) is 9.78 Å².